The average molecular weight is 879 g/mol. The molecule has 1 N–H and O–H groups in total. The molecule has 256 valence electrons. The number of benzene rings is 5. The topological polar surface area (TPSA) is 59.1 Å². The van der Waals surface area contributed by atoms with E-state index in [9.17, 15) is 5.11 Å². The van der Waals surface area contributed by atoms with Gasteiger partial charge in [-0.3, -0.25) is 5.20 Å². The van der Waals surface area contributed by atoms with Crippen molar-refractivity contribution in [2.75, 3.05) is 12.3 Å². The predicted molar refractivity (Wildman–Crippen MR) is 189 cm³/mol. The van der Waals surface area contributed by atoms with E-state index in [-0.39, 0.29) is 64.2 Å². The zero-order valence-corrected chi connectivity index (χ0v) is 34.0. The number of halogens is 4. The van der Waals surface area contributed by atoms with E-state index in [4.69, 9.17) is 0 Å². The Morgan fingerprint density at radius 3 is 1.75 bits per heavy atom. The molecule has 5 atom stereocenters. The molecule has 0 aromatic heterocycles. The quantitative estimate of drug-likeness (QED) is 0.0394. The molecule has 2 aliphatic heterocycles. The second-order valence-electron chi connectivity index (χ2n) is 12.3. The first-order valence-electron chi connectivity index (χ1n) is 16.0. The maximum atomic E-state index is 15.9. The molecular weight excluding hydrogens is 847 g/mol. The van der Waals surface area contributed by atoms with Crippen LogP contribution in [0.1, 0.15) is 47.2 Å². The van der Waals surface area contributed by atoms with Gasteiger partial charge in [-0.2, -0.15) is 78.0 Å². The van der Waals surface area contributed by atoms with Crippen molar-refractivity contribution in [3.63, 3.8) is 0 Å². The van der Waals surface area contributed by atoms with Gasteiger partial charge in [-0.1, -0.05) is 36.4 Å². The van der Waals surface area contributed by atoms with Crippen molar-refractivity contribution >= 4 is 31.0 Å². The van der Waals surface area contributed by atoms with Crippen molar-refractivity contribution in [3.8, 4) is 0 Å². The van der Waals surface area contributed by atoms with Gasteiger partial charge in [-0.25, -0.2) is 22.8 Å². The molecule has 5 unspecified atom stereocenters. The zero-order valence-electron chi connectivity index (χ0n) is 27.3. The van der Waals surface area contributed by atoms with E-state index >= 15 is 17.6 Å². The normalized spacial score (nSPS) is 23.4. The van der Waals surface area contributed by atoms with E-state index in [2.05, 4.69) is 33.8 Å². The summed E-state index contributed by atoms with van der Waals surface area (Å²) in [6, 6.07) is 39.8. The zero-order chi connectivity index (χ0) is 34.0. The Balaban J connectivity index is 0.00000252. The summed E-state index contributed by atoms with van der Waals surface area (Å²) in [4.78, 5) is 0. The van der Waals surface area contributed by atoms with Gasteiger partial charge < -0.3 is 10.2 Å². The molecule has 0 saturated carbocycles. The number of rotatable bonds is 9. The fraction of sp³-hybridized carbons (Fsp3) is 0.179. The largest absolute Gasteiger partial charge is 2.00 e. The Bertz CT molecular complexity index is 1920. The molecule has 12 heteroatoms. The molecule has 2 aliphatic rings. The monoisotopic (exact) mass is 876 g/mol. The molecule has 51 heavy (non-hydrogen) atoms. The van der Waals surface area contributed by atoms with Gasteiger partial charge in [0.05, 0.1) is 21.9 Å². The van der Waals surface area contributed by atoms with Crippen LogP contribution < -0.4 is 10.6 Å². The van der Waals surface area contributed by atoms with Gasteiger partial charge >= 0.3 is 26.2 Å². The van der Waals surface area contributed by atoms with E-state index in [0.717, 1.165) is 22.9 Å². The fourth-order valence-electron chi connectivity index (χ4n) is 6.96. The Labute approximate surface area is 335 Å². The third-order valence-corrected chi connectivity index (χ3v) is 17.1. The fourth-order valence-corrected chi connectivity index (χ4v) is 14.6. The molecule has 4 nitrogen and oxygen atoms in total. The first-order chi connectivity index (χ1) is 23.8. The molecule has 5 aromatic rings. The smallest absolute Gasteiger partial charge is 0.357 e. The summed E-state index contributed by atoms with van der Waals surface area (Å²) in [6.07, 6.45) is 6.38. The van der Waals surface area contributed by atoms with Crippen LogP contribution in [0.5, 0.6) is 0 Å². The molecular formula is C39H32F4N3OP2Zr2-. The molecule has 0 spiro atoms. The minimum absolute atomic E-state index is 0. The molecule has 5 aromatic carbocycles. The van der Waals surface area contributed by atoms with E-state index in [1.54, 1.807) is 36.4 Å². The minimum Gasteiger partial charge on any atom is -0.357 e. The van der Waals surface area contributed by atoms with Crippen molar-refractivity contribution in [2.45, 2.75) is 30.5 Å². The minimum atomic E-state index is -2.93. The summed E-state index contributed by atoms with van der Waals surface area (Å²) in [5.74, 6) is -8.82. The third-order valence-electron chi connectivity index (χ3n) is 9.48. The van der Waals surface area contributed by atoms with Crippen molar-refractivity contribution in [2.24, 2.45) is 10.3 Å². The second-order valence-corrected chi connectivity index (χ2v) is 19.0. The van der Waals surface area contributed by atoms with Crippen LogP contribution in [0.25, 0.3) is 5.20 Å². The van der Waals surface area contributed by atoms with Gasteiger partial charge in [0.1, 0.15) is 0 Å². The molecule has 0 amide bonds. The van der Waals surface area contributed by atoms with Gasteiger partial charge in [0.15, 0.2) is 29.1 Å². The van der Waals surface area contributed by atoms with Gasteiger partial charge in [0, 0.05) is 38.5 Å². The summed E-state index contributed by atoms with van der Waals surface area (Å²) in [6.45, 7) is 0. The Hall–Kier alpha value is -2.19. The van der Waals surface area contributed by atoms with Crippen molar-refractivity contribution < 1.29 is 75.1 Å². The molecule has 0 bridgehead atoms. The maximum absolute atomic E-state index is 15.9. The number of aliphatic hydroxyl groups is 1. The summed E-state index contributed by atoms with van der Waals surface area (Å²) in [5.41, 5.74) is -0.413. The predicted octanol–water partition coefficient (Wildman–Crippen LogP) is 10.5. The summed E-state index contributed by atoms with van der Waals surface area (Å²) < 4.78 is 63.3. The second kappa shape index (κ2) is 17.3. The number of nitrogens with zero attached hydrogens (tertiary/aromatic N) is 3. The van der Waals surface area contributed by atoms with Crippen LogP contribution in [0, 0.1) is 47.7 Å². The summed E-state index contributed by atoms with van der Waals surface area (Å²) in [7, 11) is -5.41. The van der Waals surface area contributed by atoms with Crippen LogP contribution in [0.2, 0.25) is 0 Å². The van der Waals surface area contributed by atoms with Crippen LogP contribution in [0.4, 0.5) is 23.2 Å². The molecule has 0 radical (unpaired) electrons. The third kappa shape index (κ3) is 7.88. The number of hydrogen-bond donors (Lipinski definition) is 1. The summed E-state index contributed by atoms with van der Waals surface area (Å²) >= 11 is 0. The Morgan fingerprint density at radius 2 is 1.20 bits per heavy atom. The van der Waals surface area contributed by atoms with E-state index in [1.807, 2.05) is 79.0 Å². The van der Waals surface area contributed by atoms with Gasteiger partial charge in [0.2, 0.25) is 0 Å². The van der Waals surface area contributed by atoms with Crippen LogP contribution in [0.3, 0.4) is 0 Å². The molecule has 7 rings (SSSR count). The average Bonchev–Trinajstić information content (AvgIpc) is 3.81. The number of hydrogen-bond acceptors (Lipinski definition) is 3. The van der Waals surface area contributed by atoms with Gasteiger partial charge in [0.25, 0.3) is 0 Å². The summed E-state index contributed by atoms with van der Waals surface area (Å²) in [5, 5.41) is 25.4. The van der Waals surface area contributed by atoms with Crippen molar-refractivity contribution in [1.82, 2.24) is 0 Å². The Morgan fingerprint density at radius 1 is 0.686 bits per heavy atom. The number of aliphatic hydroxyl groups excluding tert-OH is 1. The molecule has 2 heterocycles. The maximum Gasteiger partial charge on any atom is 2.00 e. The van der Waals surface area contributed by atoms with Crippen LogP contribution in [-0.4, -0.2) is 17.4 Å². The van der Waals surface area contributed by atoms with E-state index < -0.39 is 55.0 Å². The van der Waals surface area contributed by atoms with Crippen molar-refractivity contribution in [1.29, 1.82) is 0 Å². The van der Waals surface area contributed by atoms with Crippen LogP contribution in [-0.2, 0) is 52.4 Å². The van der Waals surface area contributed by atoms with Gasteiger partial charge in [-0.15, -0.1) is 18.0 Å². The van der Waals surface area contributed by atoms with E-state index in [1.165, 1.54) is 0 Å². The molecule has 2 saturated heterocycles. The van der Waals surface area contributed by atoms with Crippen molar-refractivity contribution in [3.05, 3.63) is 179 Å². The molecule has 0 aliphatic carbocycles. The van der Waals surface area contributed by atoms with E-state index in [0.29, 0.717) is 24.0 Å². The first kappa shape index (κ1) is 40.0. The molecule has 2 fully saturated rings. The SMILES string of the molecule is OC(c1c(F)c(F)c(N=N[N-][P+]2(c3ccccc3)[CH-]C(c3[c-]cccc3)CC2)c(F)c1F)[P+]1(c2ccccc2)[CH-]C(c2[c-]cccc2)CC1.[Zr+2].[Zr]. The van der Waals surface area contributed by atoms with Crippen LogP contribution in [0.15, 0.2) is 120 Å². The first-order valence-corrected chi connectivity index (χ1v) is 20.1. The van der Waals surface area contributed by atoms with Crippen LogP contribution >= 0.6 is 14.7 Å². The Kier molecular flexibility index (Phi) is 13.6. The standard InChI is InChI=1S/C39H32F4N3OP2.2Zr/c40-34-33(39(47)48(31-17-9-3-10-18-31)23-21-29(25-48)27-13-5-1-6-14-27)35(41)37(43)38(36(34)42)44-45-46-49(32-19-11-4-12-20-32)24-22-30(26-49)28-15-7-2-8-16-28;;/h1-13,15,17-20,25-26,29-30,39,47H,21-24H2;;/q-3;;+2. The van der Waals surface area contributed by atoms with Gasteiger partial charge in [-0.05, 0) is 51.8 Å².